The first kappa shape index (κ1) is 18.2. The Morgan fingerprint density at radius 3 is 2.37 bits per heavy atom. The molecule has 3 aromatic rings. The van der Waals surface area contributed by atoms with Gasteiger partial charge in [0.05, 0.1) is 0 Å². The zero-order chi connectivity index (χ0) is 19.1. The monoisotopic (exact) mass is 366 g/mol. The largest absolute Gasteiger partial charge is 0.367 e. The maximum atomic E-state index is 12.9. The van der Waals surface area contributed by atoms with Crippen LogP contribution < -0.4 is 16.0 Å². The minimum atomic E-state index is -0.372. The van der Waals surface area contributed by atoms with Crippen molar-refractivity contribution in [1.29, 1.82) is 0 Å². The number of amides is 1. The van der Waals surface area contributed by atoms with Crippen molar-refractivity contribution in [2.45, 2.75) is 6.92 Å². The Morgan fingerprint density at radius 1 is 0.926 bits per heavy atom. The van der Waals surface area contributed by atoms with Crippen molar-refractivity contribution in [2.24, 2.45) is 0 Å². The van der Waals surface area contributed by atoms with E-state index in [1.165, 1.54) is 24.3 Å². The molecule has 0 spiro atoms. The third kappa shape index (κ3) is 5.46. The van der Waals surface area contributed by atoms with Crippen LogP contribution in [0.5, 0.6) is 0 Å². The molecule has 3 rings (SSSR count). The highest BCUT2D eigenvalue weighted by molar-refractivity contribution is 5.94. The van der Waals surface area contributed by atoms with Crippen molar-refractivity contribution in [3.05, 3.63) is 71.7 Å². The lowest BCUT2D eigenvalue weighted by Crippen LogP contribution is -2.28. The van der Waals surface area contributed by atoms with E-state index in [0.29, 0.717) is 36.1 Å². The maximum absolute atomic E-state index is 12.9. The fraction of sp³-hybridized carbons (Fsp3) is 0.158. The molecule has 138 valence electrons. The molecule has 2 aromatic heterocycles. The highest BCUT2D eigenvalue weighted by Gasteiger charge is 2.05. The van der Waals surface area contributed by atoms with Crippen LogP contribution in [0.4, 0.5) is 21.8 Å². The lowest BCUT2D eigenvalue weighted by molar-refractivity contribution is 0.0955. The van der Waals surface area contributed by atoms with Gasteiger partial charge in [-0.3, -0.25) is 4.79 Å². The molecule has 0 fully saturated rings. The van der Waals surface area contributed by atoms with Gasteiger partial charge in [-0.05, 0) is 55.5 Å². The van der Waals surface area contributed by atoms with Gasteiger partial charge in [0, 0.05) is 24.3 Å². The molecule has 0 aliphatic heterocycles. The molecule has 0 aliphatic carbocycles. The smallest absolute Gasteiger partial charge is 0.251 e. The summed E-state index contributed by atoms with van der Waals surface area (Å²) in [4.78, 5) is 16.2. The minimum absolute atomic E-state index is 0.256. The van der Waals surface area contributed by atoms with Gasteiger partial charge in [0.2, 0.25) is 0 Å². The van der Waals surface area contributed by atoms with Crippen LogP contribution in [-0.4, -0.2) is 34.2 Å². The third-order valence-electron chi connectivity index (χ3n) is 3.63. The predicted molar refractivity (Wildman–Crippen MR) is 102 cm³/mol. The number of rotatable bonds is 7. The molecule has 0 saturated heterocycles. The van der Waals surface area contributed by atoms with E-state index in [1.54, 1.807) is 12.1 Å². The van der Waals surface area contributed by atoms with Gasteiger partial charge >= 0.3 is 0 Å². The lowest BCUT2D eigenvalue weighted by atomic mass is 10.2. The number of nitrogens with one attached hydrogen (secondary N) is 3. The van der Waals surface area contributed by atoms with Crippen molar-refractivity contribution in [1.82, 2.24) is 20.5 Å². The van der Waals surface area contributed by atoms with Gasteiger partial charge in [-0.2, -0.15) is 0 Å². The van der Waals surface area contributed by atoms with Crippen LogP contribution in [0.3, 0.4) is 0 Å². The Kier molecular flexibility index (Phi) is 5.88. The minimum Gasteiger partial charge on any atom is -0.367 e. The van der Waals surface area contributed by atoms with Crippen LogP contribution in [0, 0.1) is 12.7 Å². The van der Waals surface area contributed by atoms with Crippen LogP contribution in [-0.2, 0) is 0 Å². The number of halogens is 1. The highest BCUT2D eigenvalue weighted by atomic mass is 19.1. The summed E-state index contributed by atoms with van der Waals surface area (Å²) in [5, 5.41) is 17.1. The number of carbonyl (C=O) groups excluding carboxylic acids is 1. The van der Waals surface area contributed by atoms with Gasteiger partial charge in [0.15, 0.2) is 5.82 Å². The number of pyridine rings is 1. The van der Waals surface area contributed by atoms with Gasteiger partial charge < -0.3 is 16.0 Å². The first-order valence-corrected chi connectivity index (χ1v) is 8.42. The standard InChI is InChI=1S/C19H19FN6O/c1-13-3-2-4-17(23-13)24-18-10-9-16(25-26-18)21-11-12-22-19(27)14-5-7-15(20)8-6-14/h2-10H,11-12H2,1H3,(H,21,25)(H,22,27)(H,23,24,26). The van der Waals surface area contributed by atoms with E-state index in [-0.39, 0.29) is 11.7 Å². The normalized spacial score (nSPS) is 10.3. The summed E-state index contributed by atoms with van der Waals surface area (Å²) < 4.78 is 12.9. The molecule has 0 unspecified atom stereocenters. The van der Waals surface area contributed by atoms with E-state index in [9.17, 15) is 9.18 Å². The van der Waals surface area contributed by atoms with Crippen LogP contribution in [0.2, 0.25) is 0 Å². The Hall–Kier alpha value is -3.55. The van der Waals surface area contributed by atoms with Gasteiger partial charge in [-0.25, -0.2) is 9.37 Å². The van der Waals surface area contributed by atoms with Gasteiger partial charge in [-0.15, -0.1) is 10.2 Å². The first-order chi connectivity index (χ1) is 13.1. The van der Waals surface area contributed by atoms with E-state index in [4.69, 9.17) is 0 Å². The molecule has 3 N–H and O–H groups in total. The van der Waals surface area contributed by atoms with Crippen LogP contribution in [0.15, 0.2) is 54.6 Å². The Morgan fingerprint density at radius 2 is 1.67 bits per heavy atom. The number of aryl methyl sites for hydroxylation is 1. The molecule has 0 saturated carbocycles. The van der Waals surface area contributed by atoms with E-state index >= 15 is 0 Å². The predicted octanol–water partition coefficient (Wildman–Crippen LogP) is 2.90. The summed E-state index contributed by atoms with van der Waals surface area (Å²) in [6, 6.07) is 14.6. The van der Waals surface area contributed by atoms with E-state index in [2.05, 4.69) is 31.1 Å². The second kappa shape index (κ2) is 8.70. The molecule has 0 bridgehead atoms. The van der Waals surface area contributed by atoms with Crippen LogP contribution in [0.25, 0.3) is 0 Å². The third-order valence-corrected chi connectivity index (χ3v) is 3.63. The van der Waals surface area contributed by atoms with Crippen molar-refractivity contribution < 1.29 is 9.18 Å². The first-order valence-electron chi connectivity index (χ1n) is 8.42. The zero-order valence-corrected chi connectivity index (χ0v) is 14.7. The summed E-state index contributed by atoms with van der Waals surface area (Å²) >= 11 is 0. The average Bonchev–Trinajstić information content (AvgIpc) is 2.67. The summed E-state index contributed by atoms with van der Waals surface area (Å²) in [5.74, 6) is 1.25. The van der Waals surface area contributed by atoms with Gasteiger partial charge in [0.25, 0.3) is 5.91 Å². The van der Waals surface area contributed by atoms with Crippen LogP contribution in [0.1, 0.15) is 16.1 Å². The topological polar surface area (TPSA) is 91.8 Å². The molecule has 0 radical (unpaired) electrons. The number of anilines is 3. The molecule has 8 heteroatoms. The Bertz CT molecular complexity index is 899. The molecular weight excluding hydrogens is 347 g/mol. The summed E-state index contributed by atoms with van der Waals surface area (Å²) in [7, 11) is 0. The van der Waals surface area contributed by atoms with Crippen molar-refractivity contribution in [3.8, 4) is 0 Å². The summed E-state index contributed by atoms with van der Waals surface area (Å²) in [6.07, 6.45) is 0. The van der Waals surface area contributed by atoms with Crippen molar-refractivity contribution >= 4 is 23.4 Å². The fourth-order valence-corrected chi connectivity index (χ4v) is 2.31. The van der Waals surface area contributed by atoms with E-state index in [0.717, 1.165) is 5.69 Å². The number of hydrogen-bond donors (Lipinski definition) is 3. The van der Waals surface area contributed by atoms with Crippen molar-refractivity contribution in [2.75, 3.05) is 23.7 Å². The molecule has 27 heavy (non-hydrogen) atoms. The summed E-state index contributed by atoms with van der Waals surface area (Å²) in [5.41, 5.74) is 1.32. The SMILES string of the molecule is Cc1cccc(Nc2ccc(NCCNC(=O)c3ccc(F)cc3)nn2)n1. The molecule has 0 atom stereocenters. The molecule has 7 nitrogen and oxygen atoms in total. The number of benzene rings is 1. The maximum Gasteiger partial charge on any atom is 0.251 e. The second-order valence-corrected chi connectivity index (χ2v) is 5.78. The van der Waals surface area contributed by atoms with Crippen molar-refractivity contribution in [3.63, 3.8) is 0 Å². The highest BCUT2D eigenvalue weighted by Crippen LogP contribution is 2.12. The fourth-order valence-electron chi connectivity index (χ4n) is 2.31. The molecule has 0 aliphatic rings. The molecular formula is C19H19FN6O. The number of aromatic nitrogens is 3. The lowest BCUT2D eigenvalue weighted by Gasteiger charge is -2.08. The van der Waals surface area contributed by atoms with Gasteiger partial charge in [-0.1, -0.05) is 6.07 Å². The zero-order valence-electron chi connectivity index (χ0n) is 14.7. The Balaban J connectivity index is 1.43. The molecule has 2 heterocycles. The molecule has 1 amide bonds. The van der Waals surface area contributed by atoms with E-state index < -0.39 is 0 Å². The average molecular weight is 366 g/mol. The Labute approximate surface area is 156 Å². The number of carbonyl (C=O) groups is 1. The quantitative estimate of drug-likeness (QED) is 0.557. The van der Waals surface area contributed by atoms with Gasteiger partial charge in [0.1, 0.15) is 17.5 Å². The number of nitrogens with zero attached hydrogens (tertiary/aromatic N) is 3. The summed E-state index contributed by atoms with van der Waals surface area (Å²) in [6.45, 7) is 2.79. The molecule has 1 aromatic carbocycles. The van der Waals surface area contributed by atoms with Crippen LogP contribution >= 0.6 is 0 Å². The number of hydrogen-bond acceptors (Lipinski definition) is 6. The second-order valence-electron chi connectivity index (χ2n) is 5.78. The van der Waals surface area contributed by atoms with E-state index in [1.807, 2.05) is 25.1 Å².